The summed E-state index contributed by atoms with van der Waals surface area (Å²) < 4.78 is 0. The molecule has 2 aromatic rings. The third-order valence-electron chi connectivity index (χ3n) is 5.72. The van der Waals surface area contributed by atoms with Gasteiger partial charge in [-0.2, -0.15) is 0 Å². The molecule has 1 atom stereocenters. The van der Waals surface area contributed by atoms with E-state index in [1.165, 1.54) is 25.9 Å². The number of nitrogens with one attached hydrogen (secondary N) is 1. The molecule has 0 bridgehead atoms. The second-order valence-electron chi connectivity index (χ2n) is 7.60. The molecule has 6 nitrogen and oxygen atoms in total. The lowest BCUT2D eigenvalue weighted by atomic mass is 9.98. The normalized spacial score (nSPS) is 23.2. The van der Waals surface area contributed by atoms with E-state index in [1.54, 1.807) is 12.4 Å². The van der Waals surface area contributed by atoms with Crippen LogP contribution in [0.15, 0.2) is 30.6 Å². The summed E-state index contributed by atoms with van der Waals surface area (Å²) in [5, 5.41) is 3.24. The summed E-state index contributed by atoms with van der Waals surface area (Å²) in [6.07, 6.45) is 8.01. The number of hydrogen-bond donors (Lipinski definition) is 1. The zero-order valence-electron chi connectivity index (χ0n) is 15.4. The van der Waals surface area contributed by atoms with Crippen molar-refractivity contribution in [1.82, 2.24) is 25.1 Å². The highest BCUT2D eigenvalue weighted by molar-refractivity contribution is 5.97. The van der Waals surface area contributed by atoms with Crippen LogP contribution in [0.2, 0.25) is 0 Å². The van der Waals surface area contributed by atoms with E-state index in [0.717, 1.165) is 37.0 Å². The Morgan fingerprint density at radius 2 is 1.85 bits per heavy atom. The zero-order chi connectivity index (χ0) is 17.9. The second-order valence-corrected chi connectivity index (χ2v) is 7.60. The molecule has 3 heterocycles. The van der Waals surface area contributed by atoms with E-state index in [1.807, 2.05) is 18.2 Å². The number of nitrogens with zero attached hydrogens (tertiary/aromatic N) is 4. The molecule has 6 heteroatoms. The molecule has 26 heavy (non-hydrogen) atoms. The molecule has 4 rings (SSSR count). The number of amides is 1. The predicted octanol–water partition coefficient (Wildman–Crippen LogP) is 1.92. The van der Waals surface area contributed by atoms with E-state index >= 15 is 0 Å². The molecule has 2 aliphatic rings. The first-order valence-corrected chi connectivity index (χ1v) is 9.63. The van der Waals surface area contributed by atoms with Crippen molar-refractivity contribution in [3.8, 4) is 0 Å². The standard InChI is InChI=1S/C20H27N5O/c1-24-11-6-17(7-12-24)25-10-2-3-16(14-25)23-20(26)15-4-5-18-19(13-15)22-9-8-21-18/h4-5,8-9,13,16-17H,2-3,6-7,10-12,14H2,1H3,(H,23,26)/t16-/m1/s1. The summed E-state index contributed by atoms with van der Waals surface area (Å²) in [5.74, 6) is -0.00668. The van der Waals surface area contributed by atoms with Crippen molar-refractivity contribution in [2.24, 2.45) is 0 Å². The van der Waals surface area contributed by atoms with Gasteiger partial charge in [0.2, 0.25) is 0 Å². The zero-order valence-corrected chi connectivity index (χ0v) is 15.4. The Balaban J connectivity index is 1.38. The molecule has 1 amide bonds. The molecule has 1 aromatic heterocycles. The third-order valence-corrected chi connectivity index (χ3v) is 5.72. The molecule has 2 aliphatic heterocycles. The Morgan fingerprint density at radius 1 is 1.08 bits per heavy atom. The molecular weight excluding hydrogens is 326 g/mol. The molecule has 0 spiro atoms. The maximum absolute atomic E-state index is 12.7. The Kier molecular flexibility index (Phi) is 5.13. The van der Waals surface area contributed by atoms with Gasteiger partial charge in [0.05, 0.1) is 11.0 Å². The van der Waals surface area contributed by atoms with Gasteiger partial charge in [0.15, 0.2) is 0 Å². The number of rotatable bonds is 3. The molecule has 1 N–H and O–H groups in total. The number of aromatic nitrogens is 2. The molecule has 138 valence electrons. The van der Waals surface area contributed by atoms with Gasteiger partial charge in [0.1, 0.15) is 0 Å². The second kappa shape index (κ2) is 7.68. The number of carbonyl (C=O) groups is 1. The first kappa shape index (κ1) is 17.4. The third kappa shape index (κ3) is 3.86. The van der Waals surface area contributed by atoms with Crippen molar-refractivity contribution in [2.45, 2.75) is 37.8 Å². The molecule has 2 saturated heterocycles. The number of piperidine rings is 2. The van der Waals surface area contributed by atoms with E-state index in [9.17, 15) is 4.79 Å². The van der Waals surface area contributed by atoms with Crippen LogP contribution in [0.4, 0.5) is 0 Å². The van der Waals surface area contributed by atoms with Gasteiger partial charge in [-0.3, -0.25) is 19.7 Å². The fourth-order valence-corrected chi connectivity index (χ4v) is 4.19. The monoisotopic (exact) mass is 353 g/mol. The van der Waals surface area contributed by atoms with Gasteiger partial charge >= 0.3 is 0 Å². The average molecular weight is 353 g/mol. The van der Waals surface area contributed by atoms with Crippen LogP contribution in [0, 0.1) is 0 Å². The Labute approximate surface area is 154 Å². The van der Waals surface area contributed by atoms with E-state index < -0.39 is 0 Å². The van der Waals surface area contributed by atoms with E-state index in [4.69, 9.17) is 0 Å². The minimum atomic E-state index is -0.00668. The highest BCUT2D eigenvalue weighted by Gasteiger charge is 2.28. The van der Waals surface area contributed by atoms with Crippen LogP contribution < -0.4 is 5.32 Å². The Bertz CT molecular complexity index is 772. The molecule has 2 fully saturated rings. The lowest BCUT2D eigenvalue weighted by Crippen LogP contribution is -2.53. The van der Waals surface area contributed by atoms with Crippen LogP contribution >= 0.6 is 0 Å². The minimum Gasteiger partial charge on any atom is -0.348 e. The molecule has 0 saturated carbocycles. The number of benzene rings is 1. The smallest absolute Gasteiger partial charge is 0.251 e. The fraction of sp³-hybridized carbons (Fsp3) is 0.550. The van der Waals surface area contributed by atoms with Gasteiger partial charge < -0.3 is 10.2 Å². The van der Waals surface area contributed by atoms with Crippen LogP contribution in [0.1, 0.15) is 36.0 Å². The quantitative estimate of drug-likeness (QED) is 0.913. The summed E-state index contributed by atoms with van der Waals surface area (Å²) in [6.45, 7) is 4.48. The lowest BCUT2D eigenvalue weighted by molar-refractivity contribution is 0.0766. The molecular formula is C20H27N5O. The number of likely N-dealkylation sites (tertiary alicyclic amines) is 2. The summed E-state index contributed by atoms with van der Waals surface area (Å²) in [5.41, 5.74) is 2.24. The fourth-order valence-electron chi connectivity index (χ4n) is 4.19. The largest absolute Gasteiger partial charge is 0.348 e. The summed E-state index contributed by atoms with van der Waals surface area (Å²) in [4.78, 5) is 26.2. The van der Waals surface area contributed by atoms with Gasteiger partial charge in [0.25, 0.3) is 5.91 Å². The average Bonchev–Trinajstić information content (AvgIpc) is 2.68. The topological polar surface area (TPSA) is 61.4 Å². The summed E-state index contributed by atoms with van der Waals surface area (Å²) in [6, 6.07) is 6.43. The van der Waals surface area contributed by atoms with Gasteiger partial charge in [0, 0.05) is 36.6 Å². The van der Waals surface area contributed by atoms with Gasteiger partial charge in [-0.25, -0.2) is 0 Å². The van der Waals surface area contributed by atoms with E-state index in [2.05, 4.69) is 32.1 Å². The molecule has 0 unspecified atom stereocenters. The number of fused-ring (bicyclic) bond motifs is 1. The number of hydrogen-bond acceptors (Lipinski definition) is 5. The van der Waals surface area contributed by atoms with Crippen molar-refractivity contribution in [3.05, 3.63) is 36.2 Å². The van der Waals surface area contributed by atoms with E-state index in [-0.39, 0.29) is 11.9 Å². The first-order chi connectivity index (χ1) is 12.7. The Hall–Kier alpha value is -2.05. The maximum Gasteiger partial charge on any atom is 0.251 e. The molecule has 0 aliphatic carbocycles. The summed E-state index contributed by atoms with van der Waals surface area (Å²) >= 11 is 0. The molecule has 0 radical (unpaired) electrons. The first-order valence-electron chi connectivity index (χ1n) is 9.63. The highest BCUT2D eigenvalue weighted by atomic mass is 16.1. The predicted molar refractivity (Wildman–Crippen MR) is 102 cm³/mol. The van der Waals surface area contributed by atoms with Crippen molar-refractivity contribution in [1.29, 1.82) is 0 Å². The van der Waals surface area contributed by atoms with Crippen LogP contribution in [0.25, 0.3) is 11.0 Å². The number of carbonyl (C=O) groups excluding carboxylic acids is 1. The van der Waals surface area contributed by atoms with Gasteiger partial charge in [-0.1, -0.05) is 0 Å². The van der Waals surface area contributed by atoms with Crippen LogP contribution in [-0.2, 0) is 0 Å². The maximum atomic E-state index is 12.7. The Morgan fingerprint density at radius 3 is 2.65 bits per heavy atom. The summed E-state index contributed by atoms with van der Waals surface area (Å²) in [7, 11) is 2.20. The van der Waals surface area contributed by atoms with Crippen LogP contribution in [0.5, 0.6) is 0 Å². The van der Waals surface area contributed by atoms with Crippen molar-refractivity contribution < 1.29 is 4.79 Å². The van der Waals surface area contributed by atoms with Crippen molar-refractivity contribution in [2.75, 3.05) is 33.2 Å². The van der Waals surface area contributed by atoms with Gasteiger partial charge in [-0.15, -0.1) is 0 Å². The van der Waals surface area contributed by atoms with E-state index in [0.29, 0.717) is 11.6 Å². The SMILES string of the molecule is CN1CCC(N2CCC[C@@H](NC(=O)c3ccc4nccnc4c3)C2)CC1. The van der Waals surface area contributed by atoms with Crippen molar-refractivity contribution in [3.63, 3.8) is 0 Å². The minimum absolute atomic E-state index is 0.00668. The molecule has 1 aromatic carbocycles. The van der Waals surface area contributed by atoms with Gasteiger partial charge in [-0.05, 0) is 70.6 Å². The van der Waals surface area contributed by atoms with Crippen LogP contribution in [-0.4, -0.2) is 71.0 Å². The lowest BCUT2D eigenvalue weighted by Gasteiger charge is -2.41. The van der Waals surface area contributed by atoms with Crippen LogP contribution in [0.3, 0.4) is 0 Å². The van der Waals surface area contributed by atoms with Crippen molar-refractivity contribution >= 4 is 16.9 Å². The highest BCUT2D eigenvalue weighted by Crippen LogP contribution is 2.21.